The molecular weight excluding hydrogens is 234 g/mol. The van der Waals surface area contributed by atoms with Crippen LogP contribution in [-0.2, 0) is 6.54 Å². The summed E-state index contributed by atoms with van der Waals surface area (Å²) in [6.07, 6.45) is 4.07. The van der Waals surface area contributed by atoms with Crippen molar-refractivity contribution in [2.24, 2.45) is 5.73 Å². The van der Waals surface area contributed by atoms with E-state index in [1.807, 2.05) is 22.7 Å². The van der Waals surface area contributed by atoms with Crippen LogP contribution in [0.15, 0.2) is 42.7 Å². The van der Waals surface area contributed by atoms with Gasteiger partial charge in [0.25, 0.3) is 0 Å². The highest BCUT2D eigenvalue weighted by Gasteiger charge is 2.07. The van der Waals surface area contributed by atoms with Gasteiger partial charge in [0.15, 0.2) is 0 Å². The van der Waals surface area contributed by atoms with E-state index < -0.39 is 0 Å². The third-order valence-corrected chi connectivity index (χ3v) is 3.42. The Morgan fingerprint density at radius 3 is 2.74 bits per heavy atom. The van der Waals surface area contributed by atoms with Crippen molar-refractivity contribution in [2.75, 3.05) is 0 Å². The molecule has 0 aliphatic carbocycles. The zero-order valence-electron chi connectivity index (χ0n) is 11.2. The fourth-order valence-electron chi connectivity index (χ4n) is 2.38. The summed E-state index contributed by atoms with van der Waals surface area (Å²) in [5.74, 6) is 0. The number of fused-ring (bicyclic) bond motifs is 1. The van der Waals surface area contributed by atoms with Gasteiger partial charge in [-0.1, -0.05) is 23.8 Å². The topological polar surface area (TPSA) is 43.3 Å². The molecule has 3 heteroatoms. The molecular formula is C16H17N3. The Morgan fingerprint density at radius 1 is 1.16 bits per heavy atom. The first-order valence-corrected chi connectivity index (χ1v) is 6.43. The Labute approximate surface area is 112 Å². The second-order valence-electron chi connectivity index (χ2n) is 4.95. The van der Waals surface area contributed by atoms with Crippen molar-refractivity contribution < 1.29 is 0 Å². The molecule has 0 unspecified atom stereocenters. The van der Waals surface area contributed by atoms with E-state index >= 15 is 0 Å². The van der Waals surface area contributed by atoms with E-state index in [2.05, 4.69) is 43.2 Å². The Bertz CT molecular complexity index is 741. The van der Waals surface area contributed by atoms with E-state index in [1.165, 1.54) is 16.7 Å². The van der Waals surface area contributed by atoms with Crippen molar-refractivity contribution in [3.63, 3.8) is 0 Å². The van der Waals surface area contributed by atoms with Crippen molar-refractivity contribution in [1.82, 2.24) is 9.38 Å². The van der Waals surface area contributed by atoms with Crippen LogP contribution in [0.1, 0.15) is 16.7 Å². The lowest BCUT2D eigenvalue weighted by molar-refractivity contribution is 1.05. The fraction of sp³-hybridized carbons (Fsp3) is 0.188. The molecule has 1 aromatic carbocycles. The summed E-state index contributed by atoms with van der Waals surface area (Å²) in [5.41, 5.74) is 12.4. The number of nitrogens with two attached hydrogens (primary N) is 1. The Balaban J connectivity index is 2.14. The quantitative estimate of drug-likeness (QED) is 0.760. The van der Waals surface area contributed by atoms with E-state index in [0.29, 0.717) is 6.54 Å². The predicted octanol–water partition coefficient (Wildman–Crippen LogP) is 3.08. The van der Waals surface area contributed by atoms with Gasteiger partial charge in [-0.2, -0.15) is 0 Å². The lowest BCUT2D eigenvalue weighted by Crippen LogP contribution is -1.96. The molecule has 3 nitrogen and oxygen atoms in total. The maximum absolute atomic E-state index is 5.66. The van der Waals surface area contributed by atoms with Crippen molar-refractivity contribution in [3.8, 4) is 11.3 Å². The zero-order valence-corrected chi connectivity index (χ0v) is 11.2. The normalized spacial score (nSPS) is 11.1. The predicted molar refractivity (Wildman–Crippen MR) is 78.0 cm³/mol. The number of hydrogen-bond donors (Lipinski definition) is 1. The maximum Gasteiger partial charge on any atom is 0.137 e. The monoisotopic (exact) mass is 251 g/mol. The molecule has 96 valence electrons. The van der Waals surface area contributed by atoms with E-state index in [-0.39, 0.29) is 0 Å². The minimum Gasteiger partial charge on any atom is -0.326 e. The van der Waals surface area contributed by atoms with E-state index in [4.69, 9.17) is 5.73 Å². The molecule has 0 atom stereocenters. The van der Waals surface area contributed by atoms with Gasteiger partial charge < -0.3 is 10.1 Å². The molecule has 0 fully saturated rings. The molecule has 0 aliphatic rings. The molecule has 0 amide bonds. The SMILES string of the molecule is Cc1ccc(-c2cn3ccc(CN)cc3n2)c(C)c1. The van der Waals surface area contributed by atoms with E-state index in [9.17, 15) is 0 Å². The highest BCUT2D eigenvalue weighted by Crippen LogP contribution is 2.24. The van der Waals surface area contributed by atoms with Crippen LogP contribution in [0.3, 0.4) is 0 Å². The van der Waals surface area contributed by atoms with Crippen LogP contribution in [0.25, 0.3) is 16.9 Å². The molecule has 0 saturated heterocycles. The molecule has 19 heavy (non-hydrogen) atoms. The molecule has 0 saturated carbocycles. The van der Waals surface area contributed by atoms with Gasteiger partial charge >= 0.3 is 0 Å². The van der Waals surface area contributed by atoms with Crippen LogP contribution < -0.4 is 5.73 Å². The van der Waals surface area contributed by atoms with Crippen LogP contribution in [0.4, 0.5) is 0 Å². The smallest absolute Gasteiger partial charge is 0.137 e. The number of hydrogen-bond acceptors (Lipinski definition) is 2. The van der Waals surface area contributed by atoms with E-state index in [0.717, 1.165) is 16.9 Å². The molecule has 2 heterocycles. The standard InChI is InChI=1S/C16H17N3/c1-11-3-4-14(12(2)7-11)15-10-19-6-5-13(9-17)8-16(19)18-15/h3-8,10H,9,17H2,1-2H3. The number of aryl methyl sites for hydroxylation is 2. The van der Waals surface area contributed by atoms with Gasteiger partial charge in [0.1, 0.15) is 5.65 Å². The number of aromatic nitrogens is 2. The van der Waals surface area contributed by atoms with Crippen LogP contribution in [-0.4, -0.2) is 9.38 Å². The Kier molecular flexibility index (Phi) is 2.84. The van der Waals surface area contributed by atoms with Gasteiger partial charge in [0.2, 0.25) is 0 Å². The summed E-state index contributed by atoms with van der Waals surface area (Å²) < 4.78 is 2.04. The molecule has 2 N–H and O–H groups in total. The maximum atomic E-state index is 5.66. The highest BCUT2D eigenvalue weighted by atomic mass is 15.0. The molecule has 0 spiro atoms. The largest absolute Gasteiger partial charge is 0.326 e. The summed E-state index contributed by atoms with van der Waals surface area (Å²) in [6, 6.07) is 10.5. The van der Waals surface area contributed by atoms with Crippen molar-refractivity contribution in [3.05, 3.63) is 59.4 Å². The summed E-state index contributed by atoms with van der Waals surface area (Å²) in [6.45, 7) is 4.77. The van der Waals surface area contributed by atoms with Gasteiger partial charge in [-0.3, -0.25) is 0 Å². The first-order chi connectivity index (χ1) is 9.17. The number of pyridine rings is 1. The third kappa shape index (κ3) is 2.13. The summed E-state index contributed by atoms with van der Waals surface area (Å²) in [5, 5.41) is 0. The second kappa shape index (κ2) is 4.52. The van der Waals surface area contributed by atoms with Gasteiger partial charge in [-0.25, -0.2) is 4.98 Å². The van der Waals surface area contributed by atoms with Gasteiger partial charge in [-0.05, 0) is 37.1 Å². The number of rotatable bonds is 2. The van der Waals surface area contributed by atoms with E-state index in [1.54, 1.807) is 0 Å². The molecule has 3 rings (SSSR count). The summed E-state index contributed by atoms with van der Waals surface area (Å²) in [7, 11) is 0. The van der Waals surface area contributed by atoms with Crippen LogP contribution in [0.5, 0.6) is 0 Å². The number of benzene rings is 1. The molecule has 0 radical (unpaired) electrons. The average Bonchev–Trinajstić information content (AvgIpc) is 2.80. The number of imidazole rings is 1. The molecule has 0 bridgehead atoms. The van der Waals surface area contributed by atoms with Gasteiger partial charge in [0.05, 0.1) is 5.69 Å². The minimum absolute atomic E-state index is 0.544. The second-order valence-corrected chi connectivity index (χ2v) is 4.95. The lowest BCUT2D eigenvalue weighted by Gasteiger charge is -2.02. The van der Waals surface area contributed by atoms with Crippen molar-refractivity contribution >= 4 is 5.65 Å². The van der Waals surface area contributed by atoms with Crippen molar-refractivity contribution in [1.29, 1.82) is 0 Å². The first kappa shape index (κ1) is 11.9. The fourth-order valence-corrected chi connectivity index (χ4v) is 2.38. The summed E-state index contributed by atoms with van der Waals surface area (Å²) in [4.78, 5) is 4.69. The molecule has 0 aliphatic heterocycles. The highest BCUT2D eigenvalue weighted by molar-refractivity contribution is 5.66. The lowest BCUT2D eigenvalue weighted by atomic mass is 10.0. The van der Waals surface area contributed by atoms with Crippen LogP contribution in [0.2, 0.25) is 0 Å². The molecule has 3 aromatic rings. The third-order valence-electron chi connectivity index (χ3n) is 3.42. The summed E-state index contributed by atoms with van der Waals surface area (Å²) >= 11 is 0. The first-order valence-electron chi connectivity index (χ1n) is 6.43. The van der Waals surface area contributed by atoms with Gasteiger partial charge in [-0.15, -0.1) is 0 Å². The van der Waals surface area contributed by atoms with Crippen LogP contribution in [0, 0.1) is 13.8 Å². The Morgan fingerprint density at radius 2 is 2.00 bits per heavy atom. The average molecular weight is 251 g/mol. The van der Waals surface area contributed by atoms with Crippen LogP contribution >= 0.6 is 0 Å². The Hall–Kier alpha value is -2.13. The minimum atomic E-state index is 0.544. The number of nitrogens with zero attached hydrogens (tertiary/aromatic N) is 2. The zero-order chi connectivity index (χ0) is 13.4. The molecule has 2 aromatic heterocycles. The van der Waals surface area contributed by atoms with Crippen molar-refractivity contribution in [2.45, 2.75) is 20.4 Å². The van der Waals surface area contributed by atoms with Gasteiger partial charge in [0, 0.05) is 24.5 Å².